The van der Waals surface area contributed by atoms with Gasteiger partial charge in [-0.05, 0) is 56.8 Å². The van der Waals surface area contributed by atoms with Crippen LogP contribution >= 0.6 is 0 Å². The van der Waals surface area contributed by atoms with E-state index in [0.29, 0.717) is 24.8 Å². The highest BCUT2D eigenvalue weighted by Crippen LogP contribution is 2.28. The van der Waals surface area contributed by atoms with Crippen molar-refractivity contribution in [1.29, 1.82) is 0 Å². The Hall–Kier alpha value is -2.86. The summed E-state index contributed by atoms with van der Waals surface area (Å²) < 4.78 is 7.28. The highest BCUT2D eigenvalue weighted by molar-refractivity contribution is 5.76. The van der Waals surface area contributed by atoms with Gasteiger partial charge in [-0.3, -0.25) is 14.4 Å². The third-order valence-electron chi connectivity index (χ3n) is 6.99. The minimum absolute atomic E-state index is 0.240. The second-order valence-corrected chi connectivity index (χ2v) is 9.38. The summed E-state index contributed by atoms with van der Waals surface area (Å²) in [4.78, 5) is 17.3. The molecule has 6 nitrogen and oxygen atoms in total. The Morgan fingerprint density at radius 1 is 1.18 bits per heavy atom. The van der Waals surface area contributed by atoms with Crippen molar-refractivity contribution in [3.63, 3.8) is 0 Å². The van der Waals surface area contributed by atoms with Crippen molar-refractivity contribution in [2.24, 2.45) is 13.0 Å². The van der Waals surface area contributed by atoms with E-state index in [9.17, 15) is 4.79 Å². The van der Waals surface area contributed by atoms with E-state index in [1.807, 2.05) is 28.8 Å². The van der Waals surface area contributed by atoms with Gasteiger partial charge in [-0.1, -0.05) is 30.3 Å². The average Bonchev–Trinajstić information content (AvgIpc) is 3.45. The van der Waals surface area contributed by atoms with Gasteiger partial charge in [-0.2, -0.15) is 5.10 Å². The van der Waals surface area contributed by atoms with E-state index < -0.39 is 0 Å². The molecule has 0 spiro atoms. The molecule has 0 radical (unpaired) electrons. The largest absolute Gasteiger partial charge is 0.469 e. The molecule has 1 aliphatic rings. The monoisotopic (exact) mass is 448 g/mol. The molecule has 3 aromatic rings. The van der Waals surface area contributed by atoms with Crippen molar-refractivity contribution in [3.05, 3.63) is 77.5 Å². The Labute approximate surface area is 197 Å². The van der Waals surface area contributed by atoms with Gasteiger partial charge >= 0.3 is 0 Å². The van der Waals surface area contributed by atoms with Crippen LogP contribution in [-0.4, -0.2) is 51.7 Å². The standard InChI is InChI=1S/C27H36N4O2/c1-21-24(20-30(3)28-21)19-29(2)26(18-22-8-5-4-6-9-22)23-13-15-31(16-14-23)27(32)12-11-25-10-7-17-33-25/h4-10,17,20,23,26H,11-16,18-19H2,1-3H3. The number of likely N-dealkylation sites (tertiary alicyclic amines) is 1. The van der Waals surface area contributed by atoms with Crippen LogP contribution in [0.1, 0.15) is 41.8 Å². The number of rotatable bonds is 9. The molecular formula is C27H36N4O2. The van der Waals surface area contributed by atoms with Gasteiger partial charge in [0.2, 0.25) is 5.91 Å². The molecule has 176 valence electrons. The number of furan rings is 1. The summed E-state index contributed by atoms with van der Waals surface area (Å²) in [6.45, 7) is 4.65. The van der Waals surface area contributed by atoms with Gasteiger partial charge in [0.05, 0.1) is 12.0 Å². The van der Waals surface area contributed by atoms with Gasteiger partial charge in [0.15, 0.2) is 0 Å². The van der Waals surface area contributed by atoms with Crippen LogP contribution in [-0.2, 0) is 31.2 Å². The van der Waals surface area contributed by atoms with Crippen LogP contribution in [0.15, 0.2) is 59.3 Å². The highest BCUT2D eigenvalue weighted by Gasteiger charge is 2.31. The SMILES string of the molecule is Cc1nn(C)cc1CN(C)C(Cc1ccccc1)C1CCN(C(=O)CCc2ccco2)CC1. The fraction of sp³-hybridized carbons (Fsp3) is 0.481. The van der Waals surface area contributed by atoms with Crippen molar-refractivity contribution < 1.29 is 9.21 Å². The first-order valence-corrected chi connectivity index (χ1v) is 12.0. The van der Waals surface area contributed by atoms with Crippen LogP contribution in [0.2, 0.25) is 0 Å². The normalized spacial score (nSPS) is 15.8. The minimum atomic E-state index is 0.240. The Morgan fingerprint density at radius 3 is 2.58 bits per heavy atom. The van der Waals surface area contributed by atoms with Crippen LogP contribution in [0, 0.1) is 12.8 Å². The number of aryl methyl sites for hydroxylation is 3. The first kappa shape index (κ1) is 23.3. The summed E-state index contributed by atoms with van der Waals surface area (Å²) in [6.07, 6.45) is 8.10. The Bertz CT molecular complexity index is 1000. The Morgan fingerprint density at radius 2 is 1.94 bits per heavy atom. The molecule has 1 atom stereocenters. The van der Waals surface area contributed by atoms with E-state index in [1.165, 1.54) is 11.1 Å². The fourth-order valence-electron chi connectivity index (χ4n) is 5.10. The number of nitrogens with zero attached hydrogens (tertiary/aromatic N) is 4. The van der Waals surface area contributed by atoms with E-state index in [4.69, 9.17) is 4.42 Å². The molecule has 2 aromatic heterocycles. The number of carbonyl (C=O) groups is 1. The van der Waals surface area contributed by atoms with Gasteiger partial charge in [0.1, 0.15) is 5.76 Å². The van der Waals surface area contributed by atoms with Crippen LogP contribution in [0.4, 0.5) is 0 Å². The number of piperidine rings is 1. The Kier molecular flexibility index (Phi) is 7.65. The minimum Gasteiger partial charge on any atom is -0.469 e. The maximum atomic E-state index is 12.7. The maximum absolute atomic E-state index is 12.7. The second-order valence-electron chi connectivity index (χ2n) is 9.38. The quantitative estimate of drug-likeness (QED) is 0.491. The lowest BCUT2D eigenvalue weighted by molar-refractivity contribution is -0.132. The number of benzene rings is 1. The number of carbonyl (C=O) groups excluding carboxylic acids is 1. The van der Waals surface area contributed by atoms with E-state index in [1.54, 1.807) is 6.26 Å². The second kappa shape index (κ2) is 10.8. The predicted octanol–water partition coefficient (Wildman–Crippen LogP) is 4.24. The van der Waals surface area contributed by atoms with E-state index in [2.05, 4.69) is 60.5 Å². The summed E-state index contributed by atoms with van der Waals surface area (Å²) in [5.41, 5.74) is 3.75. The van der Waals surface area contributed by atoms with E-state index in [-0.39, 0.29) is 5.91 Å². The number of likely N-dealkylation sites (N-methyl/N-ethyl adjacent to an activating group) is 1. The maximum Gasteiger partial charge on any atom is 0.223 e. The van der Waals surface area contributed by atoms with Crippen molar-refractivity contribution in [2.75, 3.05) is 20.1 Å². The highest BCUT2D eigenvalue weighted by atomic mass is 16.3. The van der Waals surface area contributed by atoms with Gasteiger partial charge in [0, 0.05) is 57.3 Å². The molecule has 0 aliphatic carbocycles. The number of amides is 1. The molecule has 1 saturated heterocycles. The zero-order chi connectivity index (χ0) is 23.2. The summed E-state index contributed by atoms with van der Waals surface area (Å²) in [7, 11) is 4.22. The molecular weight excluding hydrogens is 412 g/mol. The summed E-state index contributed by atoms with van der Waals surface area (Å²) in [5.74, 6) is 1.68. The zero-order valence-corrected chi connectivity index (χ0v) is 20.1. The van der Waals surface area contributed by atoms with E-state index in [0.717, 1.165) is 50.4 Å². The van der Waals surface area contributed by atoms with Gasteiger partial charge in [0.25, 0.3) is 0 Å². The Balaban J connectivity index is 1.39. The smallest absolute Gasteiger partial charge is 0.223 e. The lowest BCUT2D eigenvalue weighted by atomic mass is 9.84. The third kappa shape index (κ3) is 6.14. The van der Waals surface area contributed by atoms with Gasteiger partial charge < -0.3 is 9.32 Å². The molecule has 1 aromatic carbocycles. The van der Waals surface area contributed by atoms with Gasteiger partial charge in [-0.25, -0.2) is 0 Å². The van der Waals surface area contributed by atoms with Crippen LogP contribution in [0.5, 0.6) is 0 Å². The molecule has 3 heterocycles. The lowest BCUT2D eigenvalue weighted by Gasteiger charge is -2.40. The first-order valence-electron chi connectivity index (χ1n) is 12.0. The number of aromatic nitrogens is 2. The van der Waals surface area contributed by atoms with Crippen LogP contribution in [0.3, 0.4) is 0 Å². The molecule has 0 N–H and O–H groups in total. The molecule has 1 aliphatic heterocycles. The van der Waals surface area contributed by atoms with E-state index >= 15 is 0 Å². The van der Waals surface area contributed by atoms with Crippen molar-refractivity contribution in [2.45, 2.75) is 51.6 Å². The zero-order valence-electron chi connectivity index (χ0n) is 20.1. The summed E-state index contributed by atoms with van der Waals surface area (Å²) in [6, 6.07) is 15.0. The number of hydrogen-bond donors (Lipinski definition) is 0. The fourth-order valence-corrected chi connectivity index (χ4v) is 5.10. The molecule has 6 heteroatoms. The summed E-state index contributed by atoms with van der Waals surface area (Å²) >= 11 is 0. The molecule has 1 fully saturated rings. The average molecular weight is 449 g/mol. The van der Waals surface area contributed by atoms with Crippen molar-refractivity contribution >= 4 is 5.91 Å². The molecule has 33 heavy (non-hydrogen) atoms. The lowest BCUT2D eigenvalue weighted by Crippen LogP contribution is -2.46. The molecule has 0 saturated carbocycles. The van der Waals surface area contributed by atoms with Crippen molar-refractivity contribution in [1.82, 2.24) is 19.6 Å². The molecule has 0 bridgehead atoms. The summed E-state index contributed by atoms with van der Waals surface area (Å²) in [5, 5.41) is 4.52. The topological polar surface area (TPSA) is 54.5 Å². The molecule has 1 unspecified atom stereocenters. The van der Waals surface area contributed by atoms with Crippen LogP contribution in [0.25, 0.3) is 0 Å². The predicted molar refractivity (Wildman–Crippen MR) is 130 cm³/mol. The van der Waals surface area contributed by atoms with Crippen molar-refractivity contribution in [3.8, 4) is 0 Å². The number of hydrogen-bond acceptors (Lipinski definition) is 4. The molecule has 1 amide bonds. The van der Waals surface area contributed by atoms with Gasteiger partial charge in [-0.15, -0.1) is 0 Å². The third-order valence-corrected chi connectivity index (χ3v) is 6.99. The van der Waals surface area contributed by atoms with Crippen LogP contribution < -0.4 is 0 Å². The first-order chi connectivity index (χ1) is 16.0. The molecule has 4 rings (SSSR count).